The molecule has 4 nitrogen and oxygen atoms in total. The normalized spacial score (nSPS) is 20.1. The maximum Gasteiger partial charge on any atom is 0.324 e. The fraction of sp³-hybridized carbons (Fsp3) is 0.278. The van der Waals surface area contributed by atoms with Crippen LogP contribution in [0.3, 0.4) is 0 Å². The van der Waals surface area contributed by atoms with Gasteiger partial charge in [-0.1, -0.05) is 41.9 Å². The molecule has 0 bridgehead atoms. The van der Waals surface area contributed by atoms with Gasteiger partial charge < -0.3 is 10.1 Å². The topological polar surface area (TPSA) is 41.6 Å². The van der Waals surface area contributed by atoms with E-state index in [1.165, 1.54) is 0 Å². The molecule has 1 aliphatic heterocycles. The number of fused-ring (bicyclic) bond motifs is 1. The lowest BCUT2D eigenvalue weighted by Crippen LogP contribution is -2.56. The highest BCUT2D eigenvalue weighted by Gasteiger charge is 2.48. The molecule has 2 aromatic carbocycles. The van der Waals surface area contributed by atoms with Crippen LogP contribution in [-0.4, -0.2) is 24.1 Å². The van der Waals surface area contributed by atoms with Crippen LogP contribution in [-0.2, 0) is 10.5 Å². The molecule has 5 heteroatoms. The van der Waals surface area contributed by atoms with Gasteiger partial charge in [-0.05, 0) is 32.0 Å². The van der Waals surface area contributed by atoms with Crippen molar-refractivity contribution < 1.29 is 9.53 Å². The van der Waals surface area contributed by atoms with Gasteiger partial charge in [-0.25, -0.2) is 4.79 Å². The molecule has 0 fully saturated rings. The lowest BCUT2D eigenvalue weighted by atomic mass is 9.89. The number of benzene rings is 2. The van der Waals surface area contributed by atoms with Crippen LogP contribution < -0.4 is 5.32 Å². The Morgan fingerprint density at radius 3 is 2.57 bits per heavy atom. The summed E-state index contributed by atoms with van der Waals surface area (Å²) >= 11 is 6.23. The van der Waals surface area contributed by atoms with Crippen molar-refractivity contribution in [2.45, 2.75) is 19.6 Å². The van der Waals surface area contributed by atoms with Crippen LogP contribution in [0.1, 0.15) is 25.0 Å². The van der Waals surface area contributed by atoms with Gasteiger partial charge in [0.1, 0.15) is 0 Å². The van der Waals surface area contributed by atoms with E-state index >= 15 is 0 Å². The van der Waals surface area contributed by atoms with Gasteiger partial charge in [0.15, 0.2) is 5.72 Å². The molecule has 2 aromatic rings. The van der Waals surface area contributed by atoms with E-state index < -0.39 is 5.72 Å². The third-order valence-corrected chi connectivity index (χ3v) is 4.28. The zero-order valence-electron chi connectivity index (χ0n) is 13.2. The number of carbonyl (C=O) groups is 1. The lowest BCUT2D eigenvalue weighted by Gasteiger charge is -2.47. The number of amides is 2. The largest absolute Gasteiger partial charge is 0.347 e. The summed E-state index contributed by atoms with van der Waals surface area (Å²) in [4.78, 5) is 14.3. The van der Waals surface area contributed by atoms with E-state index in [2.05, 4.69) is 5.32 Å². The zero-order chi connectivity index (χ0) is 16.4. The fourth-order valence-corrected chi connectivity index (χ4v) is 3.34. The van der Waals surface area contributed by atoms with Gasteiger partial charge in [-0.3, -0.25) is 4.90 Å². The number of ether oxygens (including phenoxy) is 1. The molecule has 1 atom stereocenters. The van der Waals surface area contributed by atoms with Gasteiger partial charge >= 0.3 is 6.03 Å². The number of hydrogen-bond donors (Lipinski definition) is 1. The minimum Gasteiger partial charge on any atom is -0.347 e. The maximum absolute atomic E-state index is 12.6. The van der Waals surface area contributed by atoms with E-state index in [0.717, 1.165) is 16.8 Å². The number of halogens is 1. The van der Waals surface area contributed by atoms with E-state index in [1.54, 1.807) is 11.0 Å². The third-order valence-electron chi connectivity index (χ3n) is 4.05. The predicted octanol–water partition coefficient (Wildman–Crippen LogP) is 4.45. The minimum absolute atomic E-state index is 0.181. The first-order valence-electron chi connectivity index (χ1n) is 7.71. The van der Waals surface area contributed by atoms with Crippen LogP contribution in [0.5, 0.6) is 0 Å². The van der Waals surface area contributed by atoms with E-state index in [1.807, 2.05) is 56.3 Å². The summed E-state index contributed by atoms with van der Waals surface area (Å²) in [7, 11) is 0. The summed E-state index contributed by atoms with van der Waals surface area (Å²) in [5, 5.41) is 3.53. The standard InChI is InChI=1S/C18H19ClN2O2/c1-3-21-17(22)20-16-11-10-14(19)12-15(16)18(21,23-4-2)13-8-6-5-7-9-13/h5-12H,3-4H2,1-2H3,(H,20,22)/t18-/m0/s1. The Kier molecular flexibility index (Phi) is 4.28. The second-order valence-electron chi connectivity index (χ2n) is 5.31. The Balaban J connectivity index is 2.33. The molecule has 1 heterocycles. The molecule has 0 aliphatic carbocycles. The zero-order valence-corrected chi connectivity index (χ0v) is 13.9. The second-order valence-corrected chi connectivity index (χ2v) is 5.74. The van der Waals surface area contributed by atoms with Crippen LogP contribution in [0, 0.1) is 0 Å². The first kappa shape index (κ1) is 15.8. The van der Waals surface area contributed by atoms with Crippen LogP contribution in [0.2, 0.25) is 5.02 Å². The van der Waals surface area contributed by atoms with E-state index in [0.29, 0.717) is 18.2 Å². The van der Waals surface area contributed by atoms with Crippen molar-refractivity contribution in [1.82, 2.24) is 4.90 Å². The molecule has 0 radical (unpaired) electrons. The first-order valence-corrected chi connectivity index (χ1v) is 8.09. The average Bonchev–Trinajstić information content (AvgIpc) is 2.56. The fourth-order valence-electron chi connectivity index (χ4n) is 3.17. The number of urea groups is 1. The van der Waals surface area contributed by atoms with Crippen LogP contribution in [0.4, 0.5) is 10.5 Å². The van der Waals surface area contributed by atoms with Crippen molar-refractivity contribution in [3.63, 3.8) is 0 Å². The van der Waals surface area contributed by atoms with E-state index in [4.69, 9.17) is 16.3 Å². The average molecular weight is 331 g/mol. The Labute approximate surface area is 141 Å². The van der Waals surface area contributed by atoms with Crippen molar-refractivity contribution in [3.05, 3.63) is 64.7 Å². The molecule has 23 heavy (non-hydrogen) atoms. The summed E-state index contributed by atoms with van der Waals surface area (Å²) < 4.78 is 6.22. The van der Waals surface area contributed by atoms with Gasteiger partial charge in [-0.2, -0.15) is 0 Å². The molecule has 0 unspecified atom stereocenters. The molecule has 1 N–H and O–H groups in total. The lowest BCUT2D eigenvalue weighted by molar-refractivity contribution is -0.106. The van der Waals surface area contributed by atoms with E-state index in [-0.39, 0.29) is 6.03 Å². The summed E-state index contributed by atoms with van der Waals surface area (Å²) in [6.45, 7) is 4.83. The van der Waals surface area contributed by atoms with Crippen LogP contribution >= 0.6 is 11.6 Å². The number of anilines is 1. The predicted molar refractivity (Wildman–Crippen MR) is 91.7 cm³/mol. The summed E-state index contributed by atoms with van der Waals surface area (Å²) in [5.74, 6) is 0. The molecule has 0 saturated carbocycles. The third kappa shape index (κ3) is 2.48. The number of carbonyl (C=O) groups excluding carboxylic acids is 1. The smallest absolute Gasteiger partial charge is 0.324 e. The molecule has 0 aromatic heterocycles. The molecule has 2 amide bonds. The van der Waals surface area contributed by atoms with Crippen molar-refractivity contribution >= 4 is 23.3 Å². The highest BCUT2D eigenvalue weighted by atomic mass is 35.5. The maximum atomic E-state index is 12.6. The number of nitrogens with one attached hydrogen (secondary N) is 1. The number of rotatable bonds is 4. The van der Waals surface area contributed by atoms with Crippen molar-refractivity contribution in [1.29, 1.82) is 0 Å². The highest BCUT2D eigenvalue weighted by Crippen LogP contribution is 2.45. The van der Waals surface area contributed by atoms with Crippen LogP contribution in [0.15, 0.2) is 48.5 Å². The Morgan fingerprint density at radius 1 is 1.17 bits per heavy atom. The van der Waals surface area contributed by atoms with Gasteiger partial charge in [-0.15, -0.1) is 0 Å². The highest BCUT2D eigenvalue weighted by molar-refractivity contribution is 6.30. The molecular weight excluding hydrogens is 312 g/mol. The second kappa shape index (κ2) is 6.22. The Bertz CT molecular complexity index is 720. The van der Waals surface area contributed by atoms with Crippen molar-refractivity contribution in [3.8, 4) is 0 Å². The van der Waals surface area contributed by atoms with Gasteiger partial charge in [0.2, 0.25) is 0 Å². The molecule has 0 saturated heterocycles. The van der Waals surface area contributed by atoms with Gasteiger partial charge in [0.05, 0.1) is 5.69 Å². The Morgan fingerprint density at radius 2 is 1.91 bits per heavy atom. The number of hydrogen-bond acceptors (Lipinski definition) is 2. The van der Waals surface area contributed by atoms with Crippen molar-refractivity contribution in [2.75, 3.05) is 18.5 Å². The molecular formula is C18H19ClN2O2. The summed E-state index contributed by atoms with van der Waals surface area (Å²) in [6.07, 6.45) is 0. The molecule has 120 valence electrons. The van der Waals surface area contributed by atoms with Gasteiger partial charge in [0, 0.05) is 29.3 Å². The summed E-state index contributed by atoms with van der Waals surface area (Å²) in [5.41, 5.74) is 1.50. The molecule has 0 spiro atoms. The van der Waals surface area contributed by atoms with Crippen molar-refractivity contribution in [2.24, 2.45) is 0 Å². The Hall–Kier alpha value is -2.04. The minimum atomic E-state index is -0.979. The number of nitrogens with zero attached hydrogens (tertiary/aromatic N) is 1. The first-order chi connectivity index (χ1) is 11.1. The molecule has 1 aliphatic rings. The summed E-state index contributed by atoms with van der Waals surface area (Å²) in [6, 6.07) is 15.1. The monoisotopic (exact) mass is 330 g/mol. The van der Waals surface area contributed by atoms with E-state index in [9.17, 15) is 4.79 Å². The quantitative estimate of drug-likeness (QED) is 0.900. The molecule has 3 rings (SSSR count). The van der Waals surface area contributed by atoms with Gasteiger partial charge in [0.25, 0.3) is 0 Å². The SMILES string of the molecule is CCO[C@@]1(c2ccccc2)c2cc(Cl)ccc2NC(=O)N1CC. The van der Waals surface area contributed by atoms with Crippen LogP contribution in [0.25, 0.3) is 0 Å².